The predicted molar refractivity (Wildman–Crippen MR) is 110 cm³/mol. The van der Waals surface area contributed by atoms with E-state index in [1.807, 2.05) is 4.90 Å². The van der Waals surface area contributed by atoms with Gasteiger partial charge in [0.15, 0.2) is 0 Å². The fourth-order valence-electron chi connectivity index (χ4n) is 3.21. The van der Waals surface area contributed by atoms with E-state index in [0.717, 1.165) is 58.7 Å². The van der Waals surface area contributed by atoms with Gasteiger partial charge in [-0.3, -0.25) is 9.69 Å². The molecule has 8 heteroatoms. The largest absolute Gasteiger partial charge is 0.379 e. The highest BCUT2D eigenvalue weighted by Gasteiger charge is 2.19. The van der Waals surface area contributed by atoms with Gasteiger partial charge in [0, 0.05) is 38.3 Å². The van der Waals surface area contributed by atoms with Gasteiger partial charge in [0.1, 0.15) is 0 Å². The van der Waals surface area contributed by atoms with Crippen LogP contribution >= 0.6 is 0 Å². The third-order valence-corrected chi connectivity index (χ3v) is 6.47. The van der Waals surface area contributed by atoms with Crippen LogP contribution in [0.1, 0.15) is 43.0 Å². The minimum Gasteiger partial charge on any atom is -0.379 e. The van der Waals surface area contributed by atoms with E-state index in [9.17, 15) is 13.2 Å². The molecule has 1 aliphatic rings. The Kier molecular flexibility index (Phi) is 9.37. The lowest BCUT2D eigenvalue weighted by Crippen LogP contribution is -2.43. The lowest BCUT2D eigenvalue weighted by atomic mass is 10.1. The standard InChI is InChI=1S/C20H33N3O4S/c1-3-4-5-6-11-23(13-12-22-14-16-27-17-15-22)20(24)18-7-9-19(10-8-18)28(25,26)21-2/h7-10,21H,3-6,11-17H2,1-2H3. The van der Waals surface area contributed by atoms with Crippen molar-refractivity contribution in [2.24, 2.45) is 0 Å². The normalized spacial score (nSPS) is 15.5. The Morgan fingerprint density at radius 1 is 1.11 bits per heavy atom. The van der Waals surface area contributed by atoms with Crippen molar-refractivity contribution in [2.75, 3.05) is 53.0 Å². The number of hydrogen-bond acceptors (Lipinski definition) is 5. The molecule has 7 nitrogen and oxygen atoms in total. The molecule has 0 unspecified atom stereocenters. The third kappa shape index (κ3) is 6.84. The average molecular weight is 412 g/mol. The van der Waals surface area contributed by atoms with Crippen molar-refractivity contribution < 1.29 is 17.9 Å². The summed E-state index contributed by atoms with van der Waals surface area (Å²) in [5.41, 5.74) is 0.521. The Morgan fingerprint density at radius 3 is 2.39 bits per heavy atom. The van der Waals surface area contributed by atoms with Crippen molar-refractivity contribution in [1.29, 1.82) is 0 Å². The first-order chi connectivity index (χ1) is 13.5. The lowest BCUT2D eigenvalue weighted by Gasteiger charge is -2.30. The number of carbonyl (C=O) groups excluding carboxylic acids is 1. The van der Waals surface area contributed by atoms with Gasteiger partial charge in [0.2, 0.25) is 10.0 Å². The first-order valence-electron chi connectivity index (χ1n) is 10.1. The van der Waals surface area contributed by atoms with E-state index in [0.29, 0.717) is 12.1 Å². The maximum atomic E-state index is 13.0. The number of nitrogens with one attached hydrogen (secondary N) is 1. The van der Waals surface area contributed by atoms with Crippen LogP contribution in [0.25, 0.3) is 0 Å². The molecule has 0 spiro atoms. The fraction of sp³-hybridized carbons (Fsp3) is 0.650. The topological polar surface area (TPSA) is 79.0 Å². The van der Waals surface area contributed by atoms with Gasteiger partial charge in [0.05, 0.1) is 18.1 Å². The quantitative estimate of drug-likeness (QED) is 0.563. The van der Waals surface area contributed by atoms with Gasteiger partial charge in [-0.25, -0.2) is 13.1 Å². The van der Waals surface area contributed by atoms with Crippen LogP contribution in [0.3, 0.4) is 0 Å². The van der Waals surface area contributed by atoms with Gasteiger partial charge in [-0.15, -0.1) is 0 Å². The molecule has 0 radical (unpaired) electrons. The van der Waals surface area contributed by atoms with Crippen molar-refractivity contribution in [2.45, 2.75) is 37.5 Å². The highest BCUT2D eigenvalue weighted by atomic mass is 32.2. The molecule has 1 saturated heterocycles. The highest BCUT2D eigenvalue weighted by Crippen LogP contribution is 2.13. The number of amides is 1. The summed E-state index contributed by atoms with van der Waals surface area (Å²) in [5, 5.41) is 0. The zero-order valence-electron chi connectivity index (χ0n) is 17.0. The van der Waals surface area contributed by atoms with E-state index >= 15 is 0 Å². The van der Waals surface area contributed by atoms with Crippen LogP contribution in [-0.4, -0.2) is 77.1 Å². The summed E-state index contributed by atoms with van der Waals surface area (Å²) in [4.78, 5) is 17.4. The highest BCUT2D eigenvalue weighted by molar-refractivity contribution is 7.89. The maximum absolute atomic E-state index is 13.0. The summed E-state index contributed by atoms with van der Waals surface area (Å²) in [6.45, 7) is 7.67. The molecule has 0 atom stereocenters. The Bertz CT molecular complexity index is 701. The molecule has 0 bridgehead atoms. The Hall–Kier alpha value is -1.48. The van der Waals surface area contributed by atoms with Crippen molar-refractivity contribution >= 4 is 15.9 Å². The summed E-state index contributed by atoms with van der Waals surface area (Å²) >= 11 is 0. The van der Waals surface area contributed by atoms with Crippen LogP contribution in [0.4, 0.5) is 0 Å². The molecule has 1 aliphatic heterocycles. The number of hydrogen-bond donors (Lipinski definition) is 1. The molecule has 1 aromatic carbocycles. The van der Waals surface area contributed by atoms with Crippen LogP contribution < -0.4 is 4.72 Å². The number of carbonyl (C=O) groups is 1. The van der Waals surface area contributed by atoms with Crippen LogP contribution in [0, 0.1) is 0 Å². The van der Waals surface area contributed by atoms with Gasteiger partial charge < -0.3 is 9.64 Å². The first kappa shape index (κ1) is 22.8. The molecule has 0 saturated carbocycles. The molecular weight excluding hydrogens is 378 g/mol. The lowest BCUT2D eigenvalue weighted by molar-refractivity contribution is 0.0324. The van der Waals surface area contributed by atoms with Crippen molar-refractivity contribution in [3.05, 3.63) is 29.8 Å². The average Bonchev–Trinajstić information content (AvgIpc) is 2.73. The molecular formula is C20H33N3O4S. The first-order valence-corrected chi connectivity index (χ1v) is 11.6. The monoisotopic (exact) mass is 411 g/mol. The SMILES string of the molecule is CCCCCCN(CCN1CCOCC1)C(=O)c1ccc(S(=O)(=O)NC)cc1. The van der Waals surface area contributed by atoms with E-state index in [2.05, 4.69) is 16.5 Å². The molecule has 1 aromatic rings. The smallest absolute Gasteiger partial charge is 0.253 e. The fourth-order valence-corrected chi connectivity index (χ4v) is 3.94. The molecule has 0 aliphatic carbocycles. The number of nitrogens with zero attached hydrogens (tertiary/aromatic N) is 2. The van der Waals surface area contributed by atoms with Crippen LogP contribution in [0.5, 0.6) is 0 Å². The van der Waals surface area contributed by atoms with E-state index in [1.54, 1.807) is 12.1 Å². The Morgan fingerprint density at radius 2 is 1.79 bits per heavy atom. The third-order valence-electron chi connectivity index (χ3n) is 5.04. The van der Waals surface area contributed by atoms with Gasteiger partial charge in [-0.2, -0.15) is 0 Å². The van der Waals surface area contributed by atoms with E-state index in [-0.39, 0.29) is 10.8 Å². The van der Waals surface area contributed by atoms with E-state index in [4.69, 9.17) is 4.74 Å². The van der Waals surface area contributed by atoms with Gasteiger partial charge in [0.25, 0.3) is 5.91 Å². The number of sulfonamides is 1. The van der Waals surface area contributed by atoms with Gasteiger partial charge >= 0.3 is 0 Å². The maximum Gasteiger partial charge on any atom is 0.253 e. The molecule has 1 heterocycles. The number of unbranched alkanes of at least 4 members (excludes halogenated alkanes) is 3. The number of benzene rings is 1. The second kappa shape index (κ2) is 11.5. The summed E-state index contributed by atoms with van der Waals surface area (Å²) in [5.74, 6) is -0.0434. The Balaban J connectivity index is 2.03. The van der Waals surface area contributed by atoms with E-state index < -0.39 is 10.0 Å². The molecule has 2 rings (SSSR count). The molecule has 1 N–H and O–H groups in total. The van der Waals surface area contributed by atoms with Crippen molar-refractivity contribution in [3.63, 3.8) is 0 Å². The van der Waals surface area contributed by atoms with Crippen LogP contribution in [0.15, 0.2) is 29.2 Å². The van der Waals surface area contributed by atoms with Crippen LogP contribution in [0.2, 0.25) is 0 Å². The number of rotatable bonds is 11. The zero-order valence-corrected chi connectivity index (χ0v) is 17.8. The zero-order chi connectivity index (χ0) is 20.4. The Labute approximate surface area is 169 Å². The minimum atomic E-state index is -3.50. The van der Waals surface area contributed by atoms with Crippen LogP contribution in [-0.2, 0) is 14.8 Å². The molecule has 158 valence electrons. The predicted octanol–water partition coefficient (Wildman–Crippen LogP) is 1.95. The van der Waals surface area contributed by atoms with Gasteiger partial charge in [-0.05, 0) is 37.7 Å². The molecule has 1 amide bonds. The van der Waals surface area contributed by atoms with E-state index in [1.165, 1.54) is 25.6 Å². The molecule has 28 heavy (non-hydrogen) atoms. The second-order valence-electron chi connectivity index (χ2n) is 7.04. The number of ether oxygens (including phenoxy) is 1. The minimum absolute atomic E-state index is 0.0434. The van der Waals surface area contributed by atoms with Crippen molar-refractivity contribution in [1.82, 2.24) is 14.5 Å². The van der Waals surface area contributed by atoms with Gasteiger partial charge in [-0.1, -0.05) is 26.2 Å². The molecule has 1 fully saturated rings. The van der Waals surface area contributed by atoms with Crippen molar-refractivity contribution in [3.8, 4) is 0 Å². The second-order valence-corrected chi connectivity index (χ2v) is 8.93. The number of morpholine rings is 1. The summed E-state index contributed by atoms with van der Waals surface area (Å²) in [6.07, 6.45) is 4.41. The molecule has 0 aromatic heterocycles. The summed E-state index contributed by atoms with van der Waals surface area (Å²) < 4.78 is 31.4. The summed E-state index contributed by atoms with van der Waals surface area (Å²) in [7, 11) is -2.13. The summed E-state index contributed by atoms with van der Waals surface area (Å²) in [6, 6.07) is 6.16.